The Morgan fingerprint density at radius 3 is 2.54 bits per heavy atom. The zero-order chi connectivity index (χ0) is 20.3. The van der Waals surface area contributed by atoms with Crippen LogP contribution in [0.2, 0.25) is 0 Å². The van der Waals surface area contributed by atoms with Crippen molar-refractivity contribution in [1.29, 1.82) is 0 Å². The molecule has 28 heavy (non-hydrogen) atoms. The highest BCUT2D eigenvalue weighted by molar-refractivity contribution is 7.78. The molecule has 3 rings (SSSR count). The lowest BCUT2D eigenvalue weighted by Crippen LogP contribution is -2.28. The largest absolute Gasteiger partial charge is 0.507 e. The molecular weight excluding hydrogens is 372 g/mol. The number of hydrogen-bond acceptors (Lipinski definition) is 5. The van der Waals surface area contributed by atoms with Crippen LogP contribution in [0.5, 0.6) is 5.75 Å². The van der Waals surface area contributed by atoms with Gasteiger partial charge in [-0.1, -0.05) is 32.2 Å². The van der Waals surface area contributed by atoms with Crippen LogP contribution in [0.3, 0.4) is 0 Å². The van der Waals surface area contributed by atoms with Crippen molar-refractivity contribution in [2.45, 2.75) is 33.6 Å². The van der Waals surface area contributed by atoms with E-state index in [1.54, 1.807) is 0 Å². The summed E-state index contributed by atoms with van der Waals surface area (Å²) in [5, 5.41) is 12.7. The number of carbonyl (C=O) groups excluding carboxylic acids is 1. The maximum atomic E-state index is 12.2. The van der Waals surface area contributed by atoms with Crippen molar-refractivity contribution in [3.05, 3.63) is 47.7 Å². The number of phenolic OH excluding ortho intramolecular Hbond substituents is 1. The fourth-order valence-electron chi connectivity index (χ4n) is 2.96. The molecule has 2 N–H and O–H groups in total. The second-order valence-electron chi connectivity index (χ2n) is 6.82. The molecule has 2 aromatic carbocycles. The van der Waals surface area contributed by atoms with E-state index in [0.29, 0.717) is 23.6 Å². The Bertz CT molecular complexity index is 999. The average Bonchev–Trinajstić information content (AvgIpc) is 2.69. The minimum atomic E-state index is -0.327. The molecule has 146 valence electrons. The van der Waals surface area contributed by atoms with Crippen molar-refractivity contribution in [3.8, 4) is 16.9 Å². The Morgan fingerprint density at radius 1 is 1.14 bits per heavy atom. The fourth-order valence-corrected chi connectivity index (χ4v) is 3.15. The Morgan fingerprint density at radius 2 is 1.86 bits per heavy atom. The summed E-state index contributed by atoms with van der Waals surface area (Å²) in [6, 6.07) is 9.35. The van der Waals surface area contributed by atoms with Gasteiger partial charge in [0.15, 0.2) is 5.82 Å². The van der Waals surface area contributed by atoms with E-state index >= 15 is 0 Å². The summed E-state index contributed by atoms with van der Waals surface area (Å²) >= 11 is 4.21. The van der Waals surface area contributed by atoms with Gasteiger partial charge in [0.25, 0.3) is 0 Å². The number of unbranched alkanes of at least 4 members (excludes halogenated alkanes) is 1. The predicted octanol–water partition coefficient (Wildman–Crippen LogP) is 5.10. The molecule has 0 aliphatic carbocycles. The number of anilines is 1. The molecule has 0 saturated carbocycles. The second kappa shape index (κ2) is 8.48. The topological polar surface area (TPSA) is 78.4 Å². The lowest BCUT2D eigenvalue weighted by molar-refractivity contribution is 0.238. The number of thiol groups is 1. The third-order valence-corrected chi connectivity index (χ3v) is 4.94. The number of hydrogen-bond donors (Lipinski definition) is 3. The second-order valence-corrected chi connectivity index (χ2v) is 7.31. The van der Waals surface area contributed by atoms with Crippen molar-refractivity contribution in [2.75, 3.05) is 11.9 Å². The number of aromatic nitrogens is 2. The summed E-state index contributed by atoms with van der Waals surface area (Å²) in [4.78, 5) is 21.1. The summed E-state index contributed by atoms with van der Waals surface area (Å²) in [5.41, 5.74) is 5.02. The SMILES string of the molecule is CCCCN(S)C(=O)Nc1cnc2ccc(-c3cc(C)c(O)c(C)c3)cc2n1. The number of carbonyl (C=O) groups is 1. The molecule has 0 saturated heterocycles. The number of phenols is 1. The maximum absolute atomic E-state index is 12.2. The molecule has 0 spiro atoms. The van der Waals surface area contributed by atoms with Crippen LogP contribution in [-0.2, 0) is 0 Å². The van der Waals surface area contributed by atoms with Crippen molar-refractivity contribution in [3.63, 3.8) is 0 Å². The van der Waals surface area contributed by atoms with Gasteiger partial charge in [0.05, 0.1) is 17.2 Å². The van der Waals surface area contributed by atoms with E-state index in [9.17, 15) is 9.90 Å². The number of aromatic hydroxyl groups is 1. The van der Waals surface area contributed by atoms with Gasteiger partial charge < -0.3 is 5.11 Å². The molecule has 0 fully saturated rings. The first-order chi connectivity index (χ1) is 13.4. The van der Waals surface area contributed by atoms with Crippen LogP contribution in [0, 0.1) is 13.8 Å². The highest BCUT2D eigenvalue weighted by atomic mass is 32.1. The lowest BCUT2D eigenvalue weighted by Gasteiger charge is -2.15. The van der Waals surface area contributed by atoms with Crippen molar-refractivity contribution < 1.29 is 9.90 Å². The van der Waals surface area contributed by atoms with Crippen LogP contribution in [-0.4, -0.2) is 32.0 Å². The van der Waals surface area contributed by atoms with Gasteiger partial charge in [-0.3, -0.25) is 14.6 Å². The summed E-state index contributed by atoms with van der Waals surface area (Å²) < 4.78 is 1.34. The third kappa shape index (κ3) is 4.36. The number of fused-ring (bicyclic) bond motifs is 1. The van der Waals surface area contributed by atoms with Crippen LogP contribution >= 0.6 is 12.8 Å². The number of rotatable bonds is 5. The molecule has 2 amide bonds. The highest BCUT2D eigenvalue weighted by Gasteiger charge is 2.11. The minimum Gasteiger partial charge on any atom is -0.507 e. The van der Waals surface area contributed by atoms with Gasteiger partial charge in [0, 0.05) is 6.54 Å². The minimum absolute atomic E-state index is 0.314. The van der Waals surface area contributed by atoms with Gasteiger partial charge >= 0.3 is 6.03 Å². The van der Waals surface area contributed by atoms with E-state index in [0.717, 1.165) is 40.6 Å². The lowest BCUT2D eigenvalue weighted by atomic mass is 9.99. The number of nitrogens with one attached hydrogen (secondary N) is 1. The van der Waals surface area contributed by atoms with E-state index in [-0.39, 0.29) is 6.03 Å². The van der Waals surface area contributed by atoms with Crippen molar-refractivity contribution in [1.82, 2.24) is 14.3 Å². The Balaban J connectivity index is 1.88. The molecule has 3 aromatic rings. The van der Waals surface area contributed by atoms with Crippen molar-refractivity contribution in [2.24, 2.45) is 0 Å². The summed E-state index contributed by atoms with van der Waals surface area (Å²) in [5.74, 6) is 0.692. The predicted molar refractivity (Wildman–Crippen MR) is 116 cm³/mol. The number of amides is 2. The van der Waals surface area contributed by atoms with E-state index < -0.39 is 0 Å². The highest BCUT2D eigenvalue weighted by Crippen LogP contribution is 2.30. The number of benzene rings is 2. The molecule has 1 heterocycles. The molecule has 6 nitrogen and oxygen atoms in total. The molecule has 0 aliphatic heterocycles. The van der Waals surface area contributed by atoms with Gasteiger partial charge in [-0.2, -0.15) is 0 Å². The van der Waals surface area contributed by atoms with Crippen LogP contribution in [0.4, 0.5) is 10.6 Å². The zero-order valence-electron chi connectivity index (χ0n) is 16.2. The number of urea groups is 1. The maximum Gasteiger partial charge on any atom is 0.332 e. The monoisotopic (exact) mass is 396 g/mol. The fraction of sp³-hybridized carbons (Fsp3) is 0.286. The quantitative estimate of drug-likeness (QED) is 0.525. The van der Waals surface area contributed by atoms with Crippen LogP contribution in [0.25, 0.3) is 22.2 Å². The van der Waals surface area contributed by atoms with E-state index in [4.69, 9.17) is 0 Å². The molecule has 0 bridgehead atoms. The molecule has 1 aromatic heterocycles. The Hall–Kier alpha value is -2.80. The standard InChI is InChI=1S/C21H24N4O2S/c1-4-5-8-25(28)21(27)24-19-12-22-17-7-6-15(11-18(17)23-19)16-9-13(2)20(26)14(3)10-16/h6-7,9-12,26,28H,4-5,8H2,1-3H3,(H,23,24,27). The van der Waals surface area contributed by atoms with Gasteiger partial charge in [-0.15, -0.1) is 0 Å². The first kappa shape index (κ1) is 19.9. The molecule has 7 heteroatoms. The van der Waals surface area contributed by atoms with Gasteiger partial charge in [0.2, 0.25) is 0 Å². The molecule has 0 unspecified atom stereocenters. The van der Waals surface area contributed by atoms with E-state index in [1.165, 1.54) is 10.5 Å². The molecule has 0 atom stereocenters. The van der Waals surface area contributed by atoms with Crippen LogP contribution in [0.1, 0.15) is 30.9 Å². The van der Waals surface area contributed by atoms with Crippen LogP contribution < -0.4 is 5.32 Å². The number of nitrogens with zero attached hydrogens (tertiary/aromatic N) is 3. The normalized spacial score (nSPS) is 10.9. The smallest absolute Gasteiger partial charge is 0.332 e. The summed E-state index contributed by atoms with van der Waals surface area (Å²) in [6.45, 7) is 6.38. The average molecular weight is 397 g/mol. The van der Waals surface area contributed by atoms with Gasteiger partial charge in [0.1, 0.15) is 5.75 Å². The molecular formula is C21H24N4O2S. The molecule has 0 aliphatic rings. The number of aryl methyl sites for hydroxylation is 2. The van der Waals surface area contributed by atoms with Crippen molar-refractivity contribution >= 4 is 35.7 Å². The first-order valence-corrected chi connectivity index (χ1v) is 9.64. The Labute approximate surface area is 170 Å². The Kier molecular flexibility index (Phi) is 6.04. The third-order valence-electron chi connectivity index (χ3n) is 4.56. The summed E-state index contributed by atoms with van der Waals surface area (Å²) in [6.07, 6.45) is 3.41. The zero-order valence-corrected chi connectivity index (χ0v) is 17.1. The van der Waals surface area contributed by atoms with E-state index in [2.05, 4.69) is 35.0 Å². The van der Waals surface area contributed by atoms with Crippen LogP contribution in [0.15, 0.2) is 36.5 Å². The molecule has 0 radical (unpaired) electrons. The first-order valence-electron chi connectivity index (χ1n) is 9.24. The summed E-state index contributed by atoms with van der Waals surface area (Å²) in [7, 11) is 0. The van der Waals surface area contributed by atoms with Gasteiger partial charge in [-0.25, -0.2) is 9.78 Å². The van der Waals surface area contributed by atoms with Gasteiger partial charge in [-0.05, 0) is 66.8 Å². The van der Waals surface area contributed by atoms with E-state index in [1.807, 2.05) is 44.2 Å².